The number of hydrogen-bond acceptors (Lipinski definition) is 8. The molecule has 32 heavy (non-hydrogen) atoms. The van der Waals surface area contributed by atoms with Crippen molar-refractivity contribution in [2.45, 2.75) is 106 Å². The lowest BCUT2D eigenvalue weighted by Crippen LogP contribution is -2.86. The van der Waals surface area contributed by atoms with Crippen LogP contribution in [0.25, 0.3) is 0 Å². The van der Waals surface area contributed by atoms with Crippen LogP contribution in [0.2, 0.25) is 0 Å². The van der Waals surface area contributed by atoms with E-state index in [1.165, 1.54) is 0 Å². The van der Waals surface area contributed by atoms with Crippen LogP contribution in [-0.2, 0) is 19.0 Å². The molecule has 0 aromatic carbocycles. The number of rotatable bonds is 6. The van der Waals surface area contributed by atoms with Crippen molar-refractivity contribution in [2.75, 3.05) is 19.7 Å². The van der Waals surface area contributed by atoms with Gasteiger partial charge in [0.15, 0.2) is 0 Å². The van der Waals surface area contributed by atoms with Gasteiger partial charge in [0.05, 0.1) is 30.5 Å². The van der Waals surface area contributed by atoms with Gasteiger partial charge in [-0.2, -0.15) is 0 Å². The van der Waals surface area contributed by atoms with Crippen LogP contribution in [0.15, 0.2) is 0 Å². The first-order valence-electron chi connectivity index (χ1n) is 11.9. The summed E-state index contributed by atoms with van der Waals surface area (Å²) in [6, 6.07) is 0.957. The van der Waals surface area contributed by atoms with Gasteiger partial charge in [0.1, 0.15) is 6.61 Å². The lowest BCUT2D eigenvalue weighted by Gasteiger charge is -2.71. The van der Waals surface area contributed by atoms with Crippen molar-refractivity contribution in [1.82, 2.24) is 26.4 Å². The maximum absolute atomic E-state index is 13.2. The van der Waals surface area contributed by atoms with E-state index < -0.39 is 18.5 Å². The van der Waals surface area contributed by atoms with Crippen LogP contribution in [0, 0.1) is 0 Å². The number of hydrogen-bond donors (Lipinski definition) is 4. The van der Waals surface area contributed by atoms with E-state index in [0.29, 0.717) is 31.3 Å². The Morgan fingerprint density at radius 3 is 2.75 bits per heavy atom. The van der Waals surface area contributed by atoms with Crippen LogP contribution in [0.4, 0.5) is 8.78 Å². The summed E-state index contributed by atoms with van der Waals surface area (Å²) in [4.78, 5) is 12.5. The molecule has 7 fully saturated rings. The lowest BCUT2D eigenvalue weighted by atomic mass is 9.44. The van der Waals surface area contributed by atoms with Gasteiger partial charge >= 0.3 is 6.29 Å². The summed E-state index contributed by atoms with van der Waals surface area (Å²) in [7, 11) is 0. The van der Waals surface area contributed by atoms with E-state index in [1.807, 2.05) is 0 Å². The zero-order valence-electron chi connectivity index (χ0n) is 18.4. The molecule has 9 nitrogen and oxygen atoms in total. The molecule has 6 atom stereocenters. The number of amides is 1. The number of alkyl halides is 2. The minimum atomic E-state index is -3.51. The van der Waals surface area contributed by atoms with E-state index >= 15 is 0 Å². The van der Waals surface area contributed by atoms with E-state index in [-0.39, 0.29) is 35.9 Å². The van der Waals surface area contributed by atoms with Gasteiger partial charge in [-0.3, -0.25) is 30.3 Å². The molecule has 11 heteroatoms. The van der Waals surface area contributed by atoms with Gasteiger partial charge < -0.3 is 10.1 Å². The first-order chi connectivity index (χ1) is 15.2. The van der Waals surface area contributed by atoms with Crippen molar-refractivity contribution >= 4 is 5.91 Å². The monoisotopic (exact) mass is 457 g/mol. The van der Waals surface area contributed by atoms with Crippen molar-refractivity contribution in [3.05, 3.63) is 0 Å². The number of ether oxygens (including phenoxy) is 3. The van der Waals surface area contributed by atoms with Crippen LogP contribution in [0.1, 0.15) is 51.9 Å². The molecule has 7 aliphatic rings. The number of nitrogens with zero attached hydrogens (tertiary/aromatic N) is 1. The lowest BCUT2D eigenvalue weighted by molar-refractivity contribution is -0.351. The molecule has 0 aromatic heterocycles. The van der Waals surface area contributed by atoms with E-state index in [1.54, 1.807) is 0 Å². The van der Waals surface area contributed by atoms with Gasteiger partial charge in [-0.15, -0.1) is 8.78 Å². The first kappa shape index (κ1) is 21.6. The average molecular weight is 458 g/mol. The van der Waals surface area contributed by atoms with Crippen molar-refractivity contribution < 1.29 is 27.8 Å². The quantitative estimate of drug-likeness (QED) is 0.448. The maximum Gasteiger partial charge on any atom is 0.486 e. The van der Waals surface area contributed by atoms with Gasteiger partial charge in [-0.05, 0) is 45.4 Å². The molecular weight excluding hydrogens is 424 g/mol. The Hall–Kier alpha value is -0.950. The molecule has 3 heterocycles. The SMILES string of the molecule is CC1CC2C(NC34CC(NC(=O)COC5CCC6OC(F)(F)OC6C5)(C3)C4)NCCN2N1. The highest BCUT2D eigenvalue weighted by atomic mass is 19.3. The second-order valence-electron chi connectivity index (χ2n) is 10.8. The third-order valence-electron chi connectivity index (χ3n) is 8.09. The van der Waals surface area contributed by atoms with Crippen LogP contribution in [0.5, 0.6) is 0 Å². The van der Waals surface area contributed by atoms with Gasteiger partial charge in [0.2, 0.25) is 5.91 Å². The molecule has 4 N–H and O–H groups in total. The van der Waals surface area contributed by atoms with E-state index in [9.17, 15) is 13.6 Å². The Bertz CT molecular complexity index is 753. The average Bonchev–Trinajstić information content (AvgIpc) is 3.20. The highest BCUT2D eigenvalue weighted by molar-refractivity contribution is 5.79. The molecule has 0 spiro atoms. The second-order valence-corrected chi connectivity index (χ2v) is 10.8. The number of carbonyl (C=O) groups excluding carboxylic acids is 1. The van der Waals surface area contributed by atoms with Crippen LogP contribution in [0.3, 0.4) is 0 Å². The standard InChI is InChI=1S/C21H33F2N5O4/c1-12-6-14-18(24-4-5-28(14)27-12)26-20-9-19(10-20,11-20)25-17(29)8-30-13-2-3-15-16(7-13)32-21(22,23)31-15/h12-16,18,24,26-27H,2-11H2,1H3,(H,25,29). The third kappa shape index (κ3) is 3.85. The number of piperazine rings is 1. The molecule has 1 amide bonds. The fourth-order valence-electron chi connectivity index (χ4n) is 6.88. The van der Waals surface area contributed by atoms with Crippen molar-refractivity contribution in [3.8, 4) is 0 Å². The van der Waals surface area contributed by atoms with Gasteiger partial charge in [-0.1, -0.05) is 0 Å². The van der Waals surface area contributed by atoms with Gasteiger partial charge in [0, 0.05) is 36.6 Å². The molecule has 0 aromatic rings. The molecule has 3 saturated heterocycles. The molecular formula is C21H33F2N5O4. The molecule has 2 bridgehead atoms. The van der Waals surface area contributed by atoms with E-state index in [4.69, 9.17) is 4.74 Å². The van der Waals surface area contributed by atoms with E-state index in [0.717, 1.165) is 38.8 Å². The first-order valence-corrected chi connectivity index (χ1v) is 11.9. The molecule has 4 aliphatic carbocycles. The Morgan fingerprint density at radius 1 is 1.16 bits per heavy atom. The smallest absolute Gasteiger partial charge is 0.368 e. The highest BCUT2D eigenvalue weighted by Crippen LogP contribution is 2.60. The van der Waals surface area contributed by atoms with Crippen LogP contribution in [-0.4, -0.2) is 84.5 Å². The van der Waals surface area contributed by atoms with E-state index in [2.05, 4.69) is 42.8 Å². The summed E-state index contributed by atoms with van der Waals surface area (Å²) in [6.07, 6.45) is 0.545. The third-order valence-corrected chi connectivity index (χ3v) is 8.09. The number of fused-ring (bicyclic) bond motifs is 2. The molecule has 3 aliphatic heterocycles. The Kier molecular flexibility index (Phi) is 5.07. The normalized spacial score (nSPS) is 49.0. The maximum atomic E-state index is 13.2. The predicted molar refractivity (Wildman–Crippen MR) is 108 cm³/mol. The Balaban J connectivity index is 0.931. The number of nitrogens with one attached hydrogen (secondary N) is 4. The summed E-state index contributed by atoms with van der Waals surface area (Å²) in [5.74, 6) is -0.134. The summed E-state index contributed by atoms with van der Waals surface area (Å²) in [5, 5.41) is 13.0. The largest absolute Gasteiger partial charge is 0.486 e. The summed E-state index contributed by atoms with van der Waals surface area (Å²) < 4.78 is 41.4. The number of halogens is 2. The molecule has 7 rings (SSSR count). The summed E-state index contributed by atoms with van der Waals surface area (Å²) >= 11 is 0. The minimum absolute atomic E-state index is 0.0494. The zero-order valence-corrected chi connectivity index (χ0v) is 18.4. The predicted octanol–water partition coefficient (Wildman–Crippen LogP) is 0.167. The van der Waals surface area contributed by atoms with Gasteiger partial charge in [-0.25, -0.2) is 5.01 Å². The number of hydrazine groups is 1. The highest BCUT2D eigenvalue weighted by Gasteiger charge is 2.69. The summed E-state index contributed by atoms with van der Waals surface area (Å²) in [5.41, 5.74) is 3.54. The Labute approximate surface area is 186 Å². The number of carbonyl (C=O) groups is 1. The fourth-order valence-corrected chi connectivity index (χ4v) is 6.88. The zero-order chi connectivity index (χ0) is 22.1. The topological polar surface area (TPSA) is 96.1 Å². The molecule has 180 valence electrons. The molecule has 0 radical (unpaired) electrons. The fraction of sp³-hybridized carbons (Fsp3) is 0.952. The minimum Gasteiger partial charge on any atom is -0.368 e. The second kappa shape index (κ2) is 7.53. The van der Waals surface area contributed by atoms with Crippen molar-refractivity contribution in [3.63, 3.8) is 0 Å². The van der Waals surface area contributed by atoms with Crippen LogP contribution >= 0.6 is 0 Å². The Morgan fingerprint density at radius 2 is 1.94 bits per heavy atom. The van der Waals surface area contributed by atoms with Crippen LogP contribution < -0.4 is 21.4 Å². The van der Waals surface area contributed by atoms with Crippen molar-refractivity contribution in [2.24, 2.45) is 0 Å². The van der Waals surface area contributed by atoms with Crippen molar-refractivity contribution in [1.29, 1.82) is 0 Å². The molecule has 6 unspecified atom stereocenters. The molecule has 4 saturated carbocycles. The van der Waals surface area contributed by atoms with Gasteiger partial charge in [0.25, 0.3) is 0 Å². The summed E-state index contributed by atoms with van der Waals surface area (Å²) in [6.45, 7) is 4.15.